The minimum atomic E-state index is 0.314. The number of rotatable bonds is 4. The molecule has 1 saturated carbocycles. The monoisotopic (exact) mass is 248 g/mol. The summed E-state index contributed by atoms with van der Waals surface area (Å²) in [4.78, 5) is 0. The highest BCUT2D eigenvalue weighted by molar-refractivity contribution is 5.30. The third-order valence-corrected chi connectivity index (χ3v) is 3.69. The molecule has 0 aliphatic heterocycles. The number of ether oxygens (including phenoxy) is 2. The van der Waals surface area contributed by atoms with Crippen molar-refractivity contribution in [1.82, 2.24) is 0 Å². The maximum atomic E-state index is 6.08. The highest BCUT2D eigenvalue weighted by Gasteiger charge is 2.27. The molecule has 0 heterocycles. The fourth-order valence-corrected chi connectivity index (χ4v) is 2.84. The Bertz CT molecular complexity index is 356. The summed E-state index contributed by atoms with van der Waals surface area (Å²) in [7, 11) is 1.71. The van der Waals surface area contributed by atoms with Gasteiger partial charge in [-0.3, -0.25) is 0 Å². The normalized spacial score (nSPS) is 24.2. The van der Waals surface area contributed by atoms with Crippen molar-refractivity contribution in [2.75, 3.05) is 7.11 Å². The number of methoxy groups -OCH3 is 1. The van der Waals surface area contributed by atoms with Gasteiger partial charge in [0.2, 0.25) is 0 Å². The summed E-state index contributed by atoms with van der Waals surface area (Å²) in [5.41, 5.74) is 1.39. The van der Waals surface area contributed by atoms with Crippen LogP contribution in [0.5, 0.6) is 5.75 Å². The fourth-order valence-electron chi connectivity index (χ4n) is 2.84. The van der Waals surface area contributed by atoms with Gasteiger partial charge in [-0.1, -0.05) is 25.0 Å². The minimum Gasteiger partial charge on any atom is -0.497 e. The molecule has 1 aromatic carbocycles. The summed E-state index contributed by atoms with van der Waals surface area (Å²) in [6.45, 7) is 4.25. The smallest absolute Gasteiger partial charge is 0.118 e. The van der Waals surface area contributed by atoms with Gasteiger partial charge in [0, 0.05) is 5.92 Å². The summed E-state index contributed by atoms with van der Waals surface area (Å²) in [6.07, 6.45) is 5.73. The second-order valence-electron chi connectivity index (χ2n) is 5.39. The van der Waals surface area contributed by atoms with Crippen molar-refractivity contribution < 1.29 is 9.47 Å². The van der Waals surface area contributed by atoms with E-state index in [4.69, 9.17) is 9.47 Å². The first-order valence-corrected chi connectivity index (χ1v) is 7.00. The summed E-state index contributed by atoms with van der Waals surface area (Å²) >= 11 is 0. The van der Waals surface area contributed by atoms with Crippen molar-refractivity contribution in [3.05, 3.63) is 29.8 Å². The van der Waals surface area contributed by atoms with E-state index in [0.717, 1.165) is 5.75 Å². The lowest BCUT2D eigenvalue weighted by atomic mass is 9.81. The predicted molar refractivity (Wildman–Crippen MR) is 74.2 cm³/mol. The van der Waals surface area contributed by atoms with E-state index >= 15 is 0 Å². The Morgan fingerprint density at radius 1 is 1.06 bits per heavy atom. The zero-order valence-corrected chi connectivity index (χ0v) is 11.7. The summed E-state index contributed by atoms with van der Waals surface area (Å²) in [5.74, 6) is 1.47. The summed E-state index contributed by atoms with van der Waals surface area (Å²) in [5, 5.41) is 0. The van der Waals surface area contributed by atoms with Crippen molar-refractivity contribution in [2.24, 2.45) is 0 Å². The van der Waals surface area contributed by atoms with Gasteiger partial charge in [0.15, 0.2) is 0 Å². The topological polar surface area (TPSA) is 18.5 Å². The lowest BCUT2D eigenvalue weighted by Gasteiger charge is -2.33. The average Bonchev–Trinajstić information content (AvgIpc) is 2.39. The Hall–Kier alpha value is -1.02. The third kappa shape index (κ3) is 3.26. The van der Waals surface area contributed by atoms with E-state index in [1.165, 1.54) is 31.2 Å². The van der Waals surface area contributed by atoms with Crippen LogP contribution in [-0.4, -0.2) is 19.3 Å². The van der Waals surface area contributed by atoms with Crippen molar-refractivity contribution in [1.29, 1.82) is 0 Å². The van der Waals surface area contributed by atoms with Crippen LogP contribution in [0.3, 0.4) is 0 Å². The second-order valence-corrected chi connectivity index (χ2v) is 5.39. The van der Waals surface area contributed by atoms with E-state index in [1.54, 1.807) is 7.11 Å². The molecule has 2 nitrogen and oxygen atoms in total. The molecule has 0 radical (unpaired) electrons. The average molecular weight is 248 g/mol. The van der Waals surface area contributed by atoms with Crippen LogP contribution >= 0.6 is 0 Å². The first-order valence-electron chi connectivity index (χ1n) is 7.00. The van der Waals surface area contributed by atoms with Crippen LogP contribution in [0.25, 0.3) is 0 Å². The molecular formula is C16H24O2. The van der Waals surface area contributed by atoms with E-state index in [9.17, 15) is 0 Å². The highest BCUT2D eigenvalue weighted by Crippen LogP contribution is 2.36. The molecule has 0 aromatic heterocycles. The van der Waals surface area contributed by atoms with Crippen molar-refractivity contribution in [3.63, 3.8) is 0 Å². The van der Waals surface area contributed by atoms with Gasteiger partial charge in [-0.15, -0.1) is 0 Å². The molecule has 2 heteroatoms. The molecule has 100 valence electrons. The summed E-state index contributed by atoms with van der Waals surface area (Å²) < 4.78 is 11.3. The molecule has 0 bridgehead atoms. The Balaban J connectivity index is 2.11. The van der Waals surface area contributed by atoms with Gasteiger partial charge in [-0.2, -0.15) is 0 Å². The lowest BCUT2D eigenvalue weighted by molar-refractivity contribution is -0.0247. The molecule has 1 aliphatic rings. The van der Waals surface area contributed by atoms with Crippen molar-refractivity contribution >= 4 is 0 Å². The van der Waals surface area contributed by atoms with E-state index in [0.29, 0.717) is 18.1 Å². The molecule has 18 heavy (non-hydrogen) atoms. The van der Waals surface area contributed by atoms with E-state index in [2.05, 4.69) is 38.1 Å². The lowest BCUT2D eigenvalue weighted by Crippen LogP contribution is -2.28. The predicted octanol–water partition coefficient (Wildman–Crippen LogP) is 4.15. The first-order chi connectivity index (χ1) is 8.70. The minimum absolute atomic E-state index is 0.314. The van der Waals surface area contributed by atoms with Crippen LogP contribution in [0.4, 0.5) is 0 Å². The maximum absolute atomic E-state index is 6.08. The number of hydrogen-bond acceptors (Lipinski definition) is 2. The SMILES string of the molecule is COc1ccc([C@@H]2CCCC[C@H]2OC(C)C)cc1. The van der Waals surface area contributed by atoms with Crippen LogP contribution in [-0.2, 0) is 4.74 Å². The largest absolute Gasteiger partial charge is 0.497 e. The Kier molecular flexibility index (Phi) is 4.65. The molecule has 0 unspecified atom stereocenters. The van der Waals surface area contributed by atoms with Crippen LogP contribution in [0, 0.1) is 0 Å². The van der Waals surface area contributed by atoms with Crippen LogP contribution in [0.2, 0.25) is 0 Å². The standard InChI is InChI=1S/C16H24O2/c1-12(2)18-16-7-5-4-6-15(16)13-8-10-14(17-3)11-9-13/h8-12,15-16H,4-7H2,1-3H3/t15-,16+/m0/s1. The Morgan fingerprint density at radius 2 is 1.72 bits per heavy atom. The molecule has 0 amide bonds. The van der Waals surface area contributed by atoms with Gasteiger partial charge in [0.05, 0.1) is 19.3 Å². The fraction of sp³-hybridized carbons (Fsp3) is 0.625. The molecule has 1 aromatic rings. The molecular weight excluding hydrogens is 224 g/mol. The molecule has 1 aliphatic carbocycles. The van der Waals surface area contributed by atoms with Gasteiger partial charge in [0.25, 0.3) is 0 Å². The molecule has 1 fully saturated rings. The van der Waals surface area contributed by atoms with Crippen LogP contribution in [0.15, 0.2) is 24.3 Å². The quantitative estimate of drug-likeness (QED) is 0.797. The Morgan fingerprint density at radius 3 is 2.33 bits per heavy atom. The number of hydrogen-bond donors (Lipinski definition) is 0. The molecule has 0 spiro atoms. The Labute approximate surface area is 110 Å². The van der Waals surface area contributed by atoms with Gasteiger partial charge >= 0.3 is 0 Å². The van der Waals surface area contributed by atoms with Gasteiger partial charge in [-0.25, -0.2) is 0 Å². The summed E-state index contributed by atoms with van der Waals surface area (Å²) in [6, 6.07) is 8.48. The van der Waals surface area contributed by atoms with Gasteiger partial charge in [0.1, 0.15) is 5.75 Å². The molecule has 0 N–H and O–H groups in total. The van der Waals surface area contributed by atoms with Gasteiger partial charge < -0.3 is 9.47 Å². The highest BCUT2D eigenvalue weighted by atomic mass is 16.5. The molecule has 0 saturated heterocycles. The van der Waals surface area contributed by atoms with Gasteiger partial charge in [-0.05, 0) is 44.4 Å². The van der Waals surface area contributed by atoms with Crippen molar-refractivity contribution in [3.8, 4) is 5.75 Å². The van der Waals surface area contributed by atoms with E-state index < -0.39 is 0 Å². The van der Waals surface area contributed by atoms with Crippen LogP contribution in [0.1, 0.15) is 51.0 Å². The second kappa shape index (κ2) is 6.24. The van der Waals surface area contributed by atoms with Crippen molar-refractivity contribution in [2.45, 2.75) is 57.7 Å². The zero-order chi connectivity index (χ0) is 13.0. The van der Waals surface area contributed by atoms with Crippen LogP contribution < -0.4 is 4.74 Å². The molecule has 2 atom stereocenters. The first kappa shape index (κ1) is 13.4. The molecule has 2 rings (SSSR count). The maximum Gasteiger partial charge on any atom is 0.118 e. The zero-order valence-electron chi connectivity index (χ0n) is 11.7. The third-order valence-electron chi connectivity index (χ3n) is 3.69. The van der Waals surface area contributed by atoms with E-state index in [-0.39, 0.29) is 0 Å². The number of benzene rings is 1. The van der Waals surface area contributed by atoms with E-state index in [1.807, 2.05) is 0 Å².